The molecule has 0 amide bonds. The Morgan fingerprint density at radius 3 is 2.52 bits per heavy atom. The lowest BCUT2D eigenvalue weighted by atomic mass is 9.91. The van der Waals surface area contributed by atoms with Gasteiger partial charge < -0.3 is 5.32 Å². The normalized spacial score (nSPS) is 17.0. The SMILES string of the molecule is CC(c1ccccc1F)c1c(F)ccc2c1NC(Cl)=NS2(=O)=O. The van der Waals surface area contributed by atoms with Crippen LogP contribution >= 0.6 is 11.6 Å². The van der Waals surface area contributed by atoms with Gasteiger partial charge in [-0.2, -0.15) is 8.42 Å². The first-order chi connectivity index (χ1) is 10.8. The van der Waals surface area contributed by atoms with E-state index < -0.39 is 27.6 Å². The third-order valence-corrected chi connectivity index (χ3v) is 5.26. The van der Waals surface area contributed by atoms with Gasteiger partial charge >= 0.3 is 0 Å². The van der Waals surface area contributed by atoms with Crippen LogP contribution in [0.4, 0.5) is 14.5 Å². The Labute approximate surface area is 136 Å². The van der Waals surface area contributed by atoms with Crippen LogP contribution in [0.25, 0.3) is 0 Å². The van der Waals surface area contributed by atoms with E-state index >= 15 is 0 Å². The summed E-state index contributed by atoms with van der Waals surface area (Å²) >= 11 is 5.70. The molecule has 1 atom stereocenters. The van der Waals surface area contributed by atoms with Gasteiger partial charge in [0, 0.05) is 11.5 Å². The minimum atomic E-state index is -4.02. The van der Waals surface area contributed by atoms with Gasteiger partial charge in [-0.3, -0.25) is 0 Å². The van der Waals surface area contributed by atoms with Gasteiger partial charge in [-0.05, 0) is 35.4 Å². The highest BCUT2D eigenvalue weighted by molar-refractivity contribution is 7.90. The molecule has 0 saturated carbocycles. The second kappa shape index (κ2) is 5.58. The number of nitrogens with zero attached hydrogens (tertiary/aromatic N) is 1. The highest BCUT2D eigenvalue weighted by Crippen LogP contribution is 2.39. The molecule has 0 radical (unpaired) electrons. The Balaban J connectivity index is 2.25. The summed E-state index contributed by atoms with van der Waals surface area (Å²) in [6.45, 7) is 1.59. The average Bonchev–Trinajstić information content (AvgIpc) is 2.45. The van der Waals surface area contributed by atoms with Gasteiger partial charge in [0.25, 0.3) is 10.0 Å². The summed E-state index contributed by atoms with van der Waals surface area (Å²) < 4.78 is 55.8. The predicted molar refractivity (Wildman–Crippen MR) is 84.4 cm³/mol. The van der Waals surface area contributed by atoms with Crippen molar-refractivity contribution in [1.29, 1.82) is 0 Å². The molecule has 23 heavy (non-hydrogen) atoms. The topological polar surface area (TPSA) is 58.5 Å². The average molecular weight is 357 g/mol. The number of hydrogen-bond donors (Lipinski definition) is 1. The van der Waals surface area contributed by atoms with Crippen molar-refractivity contribution in [2.45, 2.75) is 17.7 Å². The van der Waals surface area contributed by atoms with Gasteiger partial charge in [0.05, 0.1) is 5.69 Å². The molecule has 1 unspecified atom stereocenters. The van der Waals surface area contributed by atoms with Crippen molar-refractivity contribution in [3.8, 4) is 0 Å². The Morgan fingerprint density at radius 1 is 1.13 bits per heavy atom. The van der Waals surface area contributed by atoms with Crippen LogP contribution in [0, 0.1) is 11.6 Å². The quantitative estimate of drug-likeness (QED) is 0.832. The fourth-order valence-corrected chi connectivity index (χ4v) is 3.98. The highest BCUT2D eigenvalue weighted by atomic mass is 35.5. The predicted octanol–water partition coefficient (Wildman–Crippen LogP) is 3.83. The van der Waals surface area contributed by atoms with Crippen LogP contribution in [-0.2, 0) is 10.0 Å². The lowest BCUT2D eigenvalue weighted by Crippen LogP contribution is -2.20. The maximum Gasteiger partial charge on any atom is 0.287 e. The molecule has 0 aromatic heterocycles. The molecule has 1 heterocycles. The molecule has 0 bridgehead atoms. The Morgan fingerprint density at radius 2 is 1.83 bits per heavy atom. The number of nitrogens with one attached hydrogen (secondary N) is 1. The summed E-state index contributed by atoms with van der Waals surface area (Å²) in [4.78, 5) is -0.193. The fraction of sp³-hybridized carbons (Fsp3) is 0.133. The van der Waals surface area contributed by atoms with Crippen LogP contribution in [0.5, 0.6) is 0 Å². The second-order valence-electron chi connectivity index (χ2n) is 5.06. The van der Waals surface area contributed by atoms with Crippen LogP contribution in [0.1, 0.15) is 24.0 Å². The van der Waals surface area contributed by atoms with Gasteiger partial charge in [0.15, 0.2) is 0 Å². The van der Waals surface area contributed by atoms with Gasteiger partial charge in [-0.25, -0.2) is 8.78 Å². The number of anilines is 1. The summed E-state index contributed by atoms with van der Waals surface area (Å²) in [5.74, 6) is -1.89. The zero-order valence-corrected chi connectivity index (χ0v) is 13.4. The van der Waals surface area contributed by atoms with E-state index in [0.29, 0.717) is 0 Å². The number of fused-ring (bicyclic) bond motifs is 1. The molecule has 1 N–H and O–H groups in total. The van der Waals surface area contributed by atoms with E-state index in [1.54, 1.807) is 13.0 Å². The van der Waals surface area contributed by atoms with Crippen molar-refractivity contribution in [2.24, 2.45) is 4.40 Å². The number of benzene rings is 2. The van der Waals surface area contributed by atoms with Crippen LogP contribution in [0.15, 0.2) is 45.7 Å². The van der Waals surface area contributed by atoms with Gasteiger partial charge in [-0.15, -0.1) is 4.40 Å². The molecule has 8 heteroatoms. The monoisotopic (exact) mass is 356 g/mol. The number of sulfonamides is 1. The zero-order chi connectivity index (χ0) is 16.8. The Kier molecular flexibility index (Phi) is 3.85. The molecule has 0 aliphatic carbocycles. The molecule has 1 aliphatic heterocycles. The van der Waals surface area contributed by atoms with Crippen LogP contribution in [0.3, 0.4) is 0 Å². The maximum atomic E-state index is 14.4. The third-order valence-electron chi connectivity index (χ3n) is 3.67. The molecule has 1 aliphatic rings. The number of amidine groups is 1. The van der Waals surface area contributed by atoms with Crippen molar-refractivity contribution >= 4 is 32.6 Å². The first-order valence-electron chi connectivity index (χ1n) is 6.65. The minimum absolute atomic E-state index is 0.0132. The fourth-order valence-electron chi connectivity index (χ4n) is 2.60. The first kappa shape index (κ1) is 15.9. The van der Waals surface area contributed by atoms with E-state index in [9.17, 15) is 17.2 Å². The van der Waals surface area contributed by atoms with Crippen molar-refractivity contribution in [1.82, 2.24) is 0 Å². The van der Waals surface area contributed by atoms with E-state index in [1.165, 1.54) is 18.2 Å². The molecule has 4 nitrogen and oxygen atoms in total. The van der Waals surface area contributed by atoms with Crippen molar-refractivity contribution in [3.05, 3.63) is 59.2 Å². The van der Waals surface area contributed by atoms with Crippen LogP contribution in [0.2, 0.25) is 0 Å². The van der Waals surface area contributed by atoms with Crippen LogP contribution < -0.4 is 5.32 Å². The Hall–Kier alpha value is -1.99. The molecule has 2 aromatic carbocycles. The van der Waals surface area contributed by atoms with Gasteiger partial charge in [-0.1, -0.05) is 25.1 Å². The molecule has 2 aromatic rings. The lowest BCUT2D eigenvalue weighted by molar-refractivity contribution is 0.579. The lowest BCUT2D eigenvalue weighted by Gasteiger charge is -2.23. The van der Waals surface area contributed by atoms with Crippen molar-refractivity contribution in [2.75, 3.05) is 5.32 Å². The number of hydrogen-bond acceptors (Lipinski definition) is 3. The summed E-state index contributed by atoms with van der Waals surface area (Å²) in [6.07, 6.45) is 0. The van der Waals surface area contributed by atoms with Crippen molar-refractivity contribution < 1.29 is 17.2 Å². The molecular weight excluding hydrogens is 346 g/mol. The van der Waals surface area contributed by atoms with E-state index in [-0.39, 0.29) is 27.0 Å². The summed E-state index contributed by atoms with van der Waals surface area (Å²) in [5, 5.41) is 2.18. The largest absolute Gasteiger partial charge is 0.328 e. The molecule has 0 fully saturated rings. The number of halogens is 3. The Bertz CT molecular complexity index is 929. The maximum absolute atomic E-state index is 14.4. The minimum Gasteiger partial charge on any atom is -0.328 e. The molecule has 3 rings (SSSR count). The third kappa shape index (κ3) is 2.70. The second-order valence-corrected chi connectivity index (χ2v) is 6.99. The molecule has 0 spiro atoms. The molecular formula is C15H11ClF2N2O2S. The molecule has 120 valence electrons. The van der Waals surface area contributed by atoms with E-state index in [1.807, 2.05) is 0 Å². The van der Waals surface area contributed by atoms with Crippen LogP contribution in [-0.4, -0.2) is 13.7 Å². The number of rotatable bonds is 2. The smallest absolute Gasteiger partial charge is 0.287 e. The first-order valence-corrected chi connectivity index (χ1v) is 8.47. The highest BCUT2D eigenvalue weighted by Gasteiger charge is 2.30. The summed E-state index contributed by atoms with van der Waals surface area (Å²) in [7, 11) is -4.02. The standard InChI is InChI=1S/C15H11ClF2N2O2S/c1-8(9-4-2-3-5-10(9)17)13-11(18)6-7-12-14(13)19-15(16)20-23(12,21)22/h2-8H,1H3,(H,19,20). The summed E-state index contributed by atoms with van der Waals surface area (Å²) in [6, 6.07) is 8.07. The zero-order valence-electron chi connectivity index (χ0n) is 11.8. The summed E-state index contributed by atoms with van der Waals surface area (Å²) in [5.41, 5.74) is 0.252. The van der Waals surface area contributed by atoms with E-state index in [4.69, 9.17) is 11.6 Å². The van der Waals surface area contributed by atoms with E-state index in [2.05, 4.69) is 9.71 Å². The van der Waals surface area contributed by atoms with Gasteiger partial charge in [0.2, 0.25) is 5.29 Å². The van der Waals surface area contributed by atoms with Gasteiger partial charge in [0.1, 0.15) is 16.5 Å². The van der Waals surface area contributed by atoms with E-state index in [0.717, 1.165) is 12.1 Å². The molecule has 0 saturated heterocycles. The van der Waals surface area contributed by atoms with Crippen molar-refractivity contribution in [3.63, 3.8) is 0 Å².